The highest BCUT2D eigenvalue weighted by atomic mass is 32.2. The zero-order chi connectivity index (χ0) is 13.7. The molecule has 0 aliphatic heterocycles. The number of anilines is 1. The number of nitrogens with one attached hydrogen (secondary N) is 1. The molecular formula is C14H20N2O2S. The van der Waals surface area contributed by atoms with E-state index in [2.05, 4.69) is 11.4 Å². The normalized spacial score (nSPS) is 15.9. The van der Waals surface area contributed by atoms with Crippen molar-refractivity contribution >= 4 is 15.7 Å². The van der Waals surface area contributed by atoms with Crippen LogP contribution in [0.5, 0.6) is 0 Å². The number of hydrogen-bond acceptors (Lipinski definition) is 3. The number of para-hydroxylation sites is 1. The van der Waals surface area contributed by atoms with E-state index in [0.717, 1.165) is 13.0 Å². The van der Waals surface area contributed by atoms with Crippen molar-refractivity contribution in [2.24, 2.45) is 5.14 Å². The standard InChI is InChI=1S/C14H20N2O2S/c15-19(17,18)14-9-5-4-8-13(14)16-11-10-12-6-2-1-3-7-12/h4-6,8-9,16H,1-3,7,10-11H2,(H2,15,17,18). The van der Waals surface area contributed by atoms with E-state index in [1.165, 1.54) is 37.3 Å². The summed E-state index contributed by atoms with van der Waals surface area (Å²) in [6.45, 7) is 0.734. The van der Waals surface area contributed by atoms with E-state index in [0.29, 0.717) is 5.69 Å². The Bertz CT molecular complexity index is 565. The fourth-order valence-corrected chi connectivity index (χ4v) is 3.07. The lowest BCUT2D eigenvalue weighted by molar-refractivity contribution is 0.598. The Morgan fingerprint density at radius 1 is 1.21 bits per heavy atom. The lowest BCUT2D eigenvalue weighted by Crippen LogP contribution is -2.15. The largest absolute Gasteiger partial charge is 0.384 e. The highest BCUT2D eigenvalue weighted by Crippen LogP contribution is 2.22. The molecule has 0 saturated heterocycles. The summed E-state index contributed by atoms with van der Waals surface area (Å²) in [4.78, 5) is 0.160. The molecule has 0 spiro atoms. The molecule has 0 atom stereocenters. The number of benzene rings is 1. The molecule has 0 saturated carbocycles. The average Bonchev–Trinajstić information content (AvgIpc) is 2.39. The third kappa shape index (κ3) is 4.08. The van der Waals surface area contributed by atoms with Gasteiger partial charge in [-0.25, -0.2) is 13.6 Å². The summed E-state index contributed by atoms with van der Waals surface area (Å²) in [5.74, 6) is 0. The molecule has 1 aromatic rings. The maximum Gasteiger partial charge on any atom is 0.240 e. The molecule has 0 heterocycles. The van der Waals surface area contributed by atoms with E-state index in [1.54, 1.807) is 18.2 Å². The van der Waals surface area contributed by atoms with Crippen LogP contribution in [0.4, 0.5) is 5.69 Å². The van der Waals surface area contributed by atoms with Crippen LogP contribution in [-0.4, -0.2) is 15.0 Å². The van der Waals surface area contributed by atoms with Gasteiger partial charge in [-0.2, -0.15) is 0 Å². The van der Waals surface area contributed by atoms with Gasteiger partial charge in [0.25, 0.3) is 0 Å². The number of rotatable bonds is 5. The molecule has 0 unspecified atom stereocenters. The van der Waals surface area contributed by atoms with Crippen LogP contribution in [0.3, 0.4) is 0 Å². The zero-order valence-corrected chi connectivity index (χ0v) is 11.7. The van der Waals surface area contributed by atoms with Crippen LogP contribution in [0.1, 0.15) is 32.1 Å². The molecular weight excluding hydrogens is 260 g/mol. The smallest absolute Gasteiger partial charge is 0.240 e. The van der Waals surface area contributed by atoms with Crippen LogP contribution in [-0.2, 0) is 10.0 Å². The highest BCUT2D eigenvalue weighted by Gasteiger charge is 2.12. The van der Waals surface area contributed by atoms with Gasteiger partial charge in [0, 0.05) is 6.54 Å². The van der Waals surface area contributed by atoms with Crippen molar-refractivity contribution in [2.75, 3.05) is 11.9 Å². The van der Waals surface area contributed by atoms with Crippen molar-refractivity contribution in [1.82, 2.24) is 0 Å². The van der Waals surface area contributed by atoms with E-state index in [9.17, 15) is 8.42 Å². The molecule has 0 bridgehead atoms. The van der Waals surface area contributed by atoms with Crippen LogP contribution in [0, 0.1) is 0 Å². The van der Waals surface area contributed by atoms with Crippen molar-refractivity contribution in [3.05, 3.63) is 35.9 Å². The zero-order valence-electron chi connectivity index (χ0n) is 10.9. The molecule has 104 valence electrons. The van der Waals surface area contributed by atoms with Crippen LogP contribution in [0.2, 0.25) is 0 Å². The molecule has 1 aromatic carbocycles. The van der Waals surface area contributed by atoms with Gasteiger partial charge in [-0.1, -0.05) is 23.8 Å². The van der Waals surface area contributed by atoms with E-state index in [-0.39, 0.29) is 4.90 Å². The monoisotopic (exact) mass is 280 g/mol. The van der Waals surface area contributed by atoms with Crippen LogP contribution in [0.25, 0.3) is 0 Å². The Hall–Kier alpha value is -1.33. The van der Waals surface area contributed by atoms with Crippen molar-refractivity contribution in [2.45, 2.75) is 37.0 Å². The minimum absolute atomic E-state index is 0.160. The summed E-state index contributed by atoms with van der Waals surface area (Å²) >= 11 is 0. The Balaban J connectivity index is 1.98. The Kier molecular flexibility index (Phi) is 4.61. The van der Waals surface area contributed by atoms with E-state index >= 15 is 0 Å². The van der Waals surface area contributed by atoms with E-state index in [4.69, 9.17) is 5.14 Å². The predicted molar refractivity (Wildman–Crippen MR) is 77.5 cm³/mol. The molecule has 1 aliphatic carbocycles. The number of primary sulfonamides is 1. The van der Waals surface area contributed by atoms with Gasteiger partial charge >= 0.3 is 0 Å². The highest BCUT2D eigenvalue weighted by molar-refractivity contribution is 7.89. The average molecular weight is 280 g/mol. The van der Waals surface area contributed by atoms with Crippen LogP contribution >= 0.6 is 0 Å². The van der Waals surface area contributed by atoms with E-state index in [1.807, 2.05) is 0 Å². The summed E-state index contributed by atoms with van der Waals surface area (Å²) in [6, 6.07) is 6.75. The first-order valence-corrected chi connectivity index (χ1v) is 8.15. The maximum absolute atomic E-state index is 11.4. The summed E-state index contributed by atoms with van der Waals surface area (Å²) in [6.07, 6.45) is 8.14. The predicted octanol–water partition coefficient (Wildman–Crippen LogP) is 2.64. The van der Waals surface area contributed by atoms with Crippen molar-refractivity contribution in [1.29, 1.82) is 0 Å². The van der Waals surface area contributed by atoms with Gasteiger partial charge in [-0.05, 0) is 44.2 Å². The summed E-state index contributed by atoms with van der Waals surface area (Å²) in [7, 11) is -3.67. The first kappa shape index (κ1) is 14.1. The second-order valence-corrected chi connectivity index (χ2v) is 6.36. The number of sulfonamides is 1. The quantitative estimate of drug-likeness (QED) is 0.814. The van der Waals surface area contributed by atoms with Crippen molar-refractivity contribution in [3.63, 3.8) is 0 Å². The summed E-state index contributed by atoms with van der Waals surface area (Å²) < 4.78 is 22.9. The molecule has 0 amide bonds. The Morgan fingerprint density at radius 3 is 2.68 bits per heavy atom. The molecule has 2 rings (SSSR count). The fraction of sp³-hybridized carbons (Fsp3) is 0.429. The summed E-state index contributed by atoms with van der Waals surface area (Å²) in [5.41, 5.74) is 2.05. The van der Waals surface area contributed by atoms with Gasteiger partial charge in [0.1, 0.15) is 4.90 Å². The van der Waals surface area contributed by atoms with Gasteiger partial charge in [0.15, 0.2) is 0 Å². The van der Waals surface area contributed by atoms with Gasteiger partial charge in [-0.15, -0.1) is 0 Å². The molecule has 0 radical (unpaired) electrons. The first-order valence-electron chi connectivity index (χ1n) is 6.61. The maximum atomic E-state index is 11.4. The number of hydrogen-bond donors (Lipinski definition) is 2. The molecule has 3 N–H and O–H groups in total. The topological polar surface area (TPSA) is 72.2 Å². The molecule has 1 aliphatic rings. The number of allylic oxidation sites excluding steroid dienone is 1. The molecule has 4 nitrogen and oxygen atoms in total. The molecule has 19 heavy (non-hydrogen) atoms. The van der Waals surface area contributed by atoms with E-state index < -0.39 is 10.0 Å². The SMILES string of the molecule is NS(=O)(=O)c1ccccc1NCCC1=CCCCC1. The second kappa shape index (κ2) is 6.21. The van der Waals surface area contributed by atoms with Crippen LogP contribution < -0.4 is 10.5 Å². The van der Waals surface area contributed by atoms with Gasteiger partial charge in [-0.3, -0.25) is 0 Å². The minimum Gasteiger partial charge on any atom is -0.384 e. The number of nitrogens with two attached hydrogens (primary N) is 1. The Morgan fingerprint density at radius 2 is 2.00 bits per heavy atom. The summed E-state index contributed by atoms with van der Waals surface area (Å²) in [5, 5.41) is 8.36. The molecule has 5 heteroatoms. The third-order valence-corrected chi connectivity index (χ3v) is 4.31. The first-order chi connectivity index (χ1) is 9.07. The van der Waals surface area contributed by atoms with Gasteiger partial charge in [0.05, 0.1) is 5.69 Å². The van der Waals surface area contributed by atoms with Gasteiger partial charge in [0.2, 0.25) is 10.0 Å². The van der Waals surface area contributed by atoms with Gasteiger partial charge < -0.3 is 5.32 Å². The molecule has 0 fully saturated rings. The fourth-order valence-electron chi connectivity index (χ4n) is 2.35. The third-order valence-electron chi connectivity index (χ3n) is 3.34. The second-order valence-electron chi connectivity index (χ2n) is 4.83. The molecule has 0 aromatic heterocycles. The Labute approximate surface area is 114 Å². The van der Waals surface area contributed by atoms with Crippen molar-refractivity contribution in [3.8, 4) is 0 Å². The minimum atomic E-state index is -3.67. The lowest BCUT2D eigenvalue weighted by atomic mass is 9.97. The van der Waals surface area contributed by atoms with Crippen molar-refractivity contribution < 1.29 is 8.42 Å². The van der Waals surface area contributed by atoms with Crippen LogP contribution in [0.15, 0.2) is 40.8 Å². The lowest BCUT2D eigenvalue weighted by Gasteiger charge is -2.14.